The number of H-pyrrole nitrogens is 1. The Morgan fingerprint density at radius 3 is 2.63 bits per heavy atom. The molecule has 1 aliphatic rings. The third kappa shape index (κ3) is 3.69. The summed E-state index contributed by atoms with van der Waals surface area (Å²) >= 11 is 0. The predicted molar refractivity (Wildman–Crippen MR) is 108 cm³/mol. The van der Waals surface area contributed by atoms with Gasteiger partial charge in [0.05, 0.1) is 36.0 Å². The molecule has 0 aliphatic carbocycles. The molecule has 4 N–H and O–H groups in total. The molecule has 2 heterocycles. The first kappa shape index (κ1) is 19.8. The lowest BCUT2D eigenvalue weighted by Gasteiger charge is -2.23. The lowest BCUT2D eigenvalue weighted by atomic mass is 9.94. The second kappa shape index (κ2) is 8.08. The van der Waals surface area contributed by atoms with Gasteiger partial charge in [-0.2, -0.15) is 5.10 Å². The minimum Gasteiger partial charge on any atom is -0.478 e. The van der Waals surface area contributed by atoms with Gasteiger partial charge in [0.2, 0.25) is 5.91 Å². The zero-order valence-corrected chi connectivity index (χ0v) is 16.1. The molecular formula is C22H21FN4O3. The number of amides is 1. The van der Waals surface area contributed by atoms with E-state index in [-0.39, 0.29) is 17.3 Å². The second-order valence-electron chi connectivity index (χ2n) is 7.29. The van der Waals surface area contributed by atoms with Crippen molar-refractivity contribution in [2.45, 2.75) is 25.4 Å². The van der Waals surface area contributed by atoms with Gasteiger partial charge in [-0.3, -0.25) is 9.89 Å². The number of benzene rings is 2. The molecule has 8 heteroatoms. The Balaban J connectivity index is 1.57. The number of carbonyl (C=O) groups is 2. The number of fused-ring (bicyclic) bond motifs is 1. The summed E-state index contributed by atoms with van der Waals surface area (Å²) in [6, 6.07) is 12.5. The van der Waals surface area contributed by atoms with Crippen LogP contribution in [0.5, 0.6) is 0 Å². The van der Waals surface area contributed by atoms with Crippen LogP contribution >= 0.6 is 0 Å². The standard InChI is InChI=1S/C22H21FN4O3/c23-16-3-1-2-15(10-16)17(8-9-24)21(28)27-11-18-19(12-27)25-26-20(18)13-4-6-14(7-5-13)22(29)30/h1-7,10,17H,8-9,11-12,24H2,(H,25,26)(H,29,30). The van der Waals surface area contributed by atoms with Crippen molar-refractivity contribution in [2.75, 3.05) is 6.54 Å². The maximum Gasteiger partial charge on any atom is 0.335 e. The maximum atomic E-state index is 13.7. The second-order valence-corrected chi connectivity index (χ2v) is 7.29. The molecule has 3 aromatic rings. The molecule has 0 saturated carbocycles. The van der Waals surface area contributed by atoms with Crippen LogP contribution in [0.25, 0.3) is 11.3 Å². The number of carboxylic acid groups (broad SMARTS) is 1. The number of aromatic amines is 1. The molecule has 7 nitrogen and oxygen atoms in total. The average Bonchev–Trinajstić information content (AvgIpc) is 3.32. The van der Waals surface area contributed by atoms with Crippen LogP contribution < -0.4 is 5.73 Å². The number of carboxylic acids is 1. The molecule has 1 atom stereocenters. The van der Waals surface area contributed by atoms with Crippen LogP contribution in [0, 0.1) is 5.82 Å². The van der Waals surface area contributed by atoms with Gasteiger partial charge in [-0.05, 0) is 42.8 Å². The van der Waals surface area contributed by atoms with Crippen molar-refractivity contribution in [1.29, 1.82) is 0 Å². The van der Waals surface area contributed by atoms with E-state index >= 15 is 0 Å². The highest BCUT2D eigenvalue weighted by Crippen LogP contribution is 2.33. The summed E-state index contributed by atoms with van der Waals surface area (Å²) in [5.41, 5.74) is 9.73. The SMILES string of the molecule is NCCC(C(=O)N1Cc2[nH]nc(-c3ccc(C(=O)O)cc3)c2C1)c1cccc(F)c1. The molecule has 30 heavy (non-hydrogen) atoms. The van der Waals surface area contributed by atoms with Crippen molar-refractivity contribution in [3.8, 4) is 11.3 Å². The molecule has 1 unspecified atom stereocenters. The molecule has 0 fully saturated rings. The Morgan fingerprint density at radius 1 is 1.20 bits per heavy atom. The van der Waals surface area contributed by atoms with Gasteiger partial charge in [0.1, 0.15) is 5.82 Å². The number of hydrogen-bond acceptors (Lipinski definition) is 4. The summed E-state index contributed by atoms with van der Waals surface area (Å²) in [5, 5.41) is 16.4. The van der Waals surface area contributed by atoms with Gasteiger partial charge in [0.15, 0.2) is 0 Å². The van der Waals surface area contributed by atoms with Crippen LogP contribution in [0.2, 0.25) is 0 Å². The van der Waals surface area contributed by atoms with E-state index in [0.29, 0.717) is 37.3 Å². The van der Waals surface area contributed by atoms with Crippen LogP contribution in [-0.2, 0) is 17.9 Å². The third-order valence-electron chi connectivity index (χ3n) is 5.37. The zero-order chi connectivity index (χ0) is 21.3. The largest absolute Gasteiger partial charge is 0.478 e. The lowest BCUT2D eigenvalue weighted by molar-refractivity contribution is -0.133. The fourth-order valence-corrected chi connectivity index (χ4v) is 3.85. The monoisotopic (exact) mass is 408 g/mol. The van der Waals surface area contributed by atoms with E-state index in [2.05, 4.69) is 10.2 Å². The van der Waals surface area contributed by atoms with Gasteiger partial charge in [-0.1, -0.05) is 24.3 Å². The van der Waals surface area contributed by atoms with E-state index < -0.39 is 11.9 Å². The molecular weight excluding hydrogens is 387 g/mol. The Bertz CT molecular complexity index is 1090. The summed E-state index contributed by atoms with van der Waals surface area (Å²) < 4.78 is 13.7. The van der Waals surface area contributed by atoms with Crippen molar-refractivity contribution in [2.24, 2.45) is 5.73 Å². The Labute approximate surface area is 172 Å². The van der Waals surface area contributed by atoms with E-state index in [1.54, 1.807) is 29.2 Å². The molecule has 1 aromatic heterocycles. The average molecular weight is 408 g/mol. The summed E-state index contributed by atoms with van der Waals surface area (Å²) in [6.45, 7) is 1.07. The summed E-state index contributed by atoms with van der Waals surface area (Å²) in [4.78, 5) is 26.0. The fourth-order valence-electron chi connectivity index (χ4n) is 3.85. The Morgan fingerprint density at radius 2 is 1.97 bits per heavy atom. The molecule has 0 bridgehead atoms. The number of halogens is 1. The Kier molecular flexibility index (Phi) is 5.33. The molecule has 0 radical (unpaired) electrons. The molecule has 1 amide bonds. The smallest absolute Gasteiger partial charge is 0.335 e. The van der Waals surface area contributed by atoms with Gasteiger partial charge in [0.25, 0.3) is 0 Å². The predicted octanol–water partition coefficient (Wildman–Crippen LogP) is 2.89. The molecule has 4 rings (SSSR count). The number of aromatic carboxylic acids is 1. The van der Waals surface area contributed by atoms with Crippen LogP contribution in [0.4, 0.5) is 4.39 Å². The van der Waals surface area contributed by atoms with Crippen molar-refractivity contribution < 1.29 is 19.1 Å². The minimum atomic E-state index is -0.992. The lowest BCUT2D eigenvalue weighted by Crippen LogP contribution is -2.32. The van der Waals surface area contributed by atoms with Crippen molar-refractivity contribution in [3.05, 3.63) is 76.7 Å². The number of nitrogens with one attached hydrogen (secondary N) is 1. The normalized spacial score (nSPS) is 13.9. The number of carbonyl (C=O) groups excluding carboxylic acids is 1. The van der Waals surface area contributed by atoms with Crippen LogP contribution in [0.3, 0.4) is 0 Å². The third-order valence-corrected chi connectivity index (χ3v) is 5.37. The summed E-state index contributed by atoms with van der Waals surface area (Å²) in [7, 11) is 0. The first-order valence-corrected chi connectivity index (χ1v) is 9.62. The number of rotatable bonds is 6. The Hall–Kier alpha value is -3.52. The first-order chi connectivity index (χ1) is 14.5. The van der Waals surface area contributed by atoms with Gasteiger partial charge in [0, 0.05) is 11.1 Å². The molecule has 154 valence electrons. The van der Waals surface area contributed by atoms with Gasteiger partial charge < -0.3 is 15.7 Å². The molecule has 0 spiro atoms. The number of hydrogen-bond donors (Lipinski definition) is 3. The van der Waals surface area contributed by atoms with Gasteiger partial charge in [-0.25, -0.2) is 9.18 Å². The number of nitrogens with two attached hydrogens (primary N) is 1. The van der Waals surface area contributed by atoms with E-state index in [9.17, 15) is 14.0 Å². The van der Waals surface area contributed by atoms with Crippen molar-refractivity contribution >= 4 is 11.9 Å². The number of nitrogens with zero attached hydrogens (tertiary/aromatic N) is 2. The van der Waals surface area contributed by atoms with E-state index in [1.807, 2.05) is 0 Å². The molecule has 2 aromatic carbocycles. The highest BCUT2D eigenvalue weighted by molar-refractivity contribution is 5.88. The highest BCUT2D eigenvalue weighted by atomic mass is 19.1. The maximum absolute atomic E-state index is 13.7. The van der Waals surface area contributed by atoms with Crippen LogP contribution in [-0.4, -0.2) is 38.6 Å². The molecule has 0 saturated heterocycles. The summed E-state index contributed by atoms with van der Waals surface area (Å²) in [5.74, 6) is -2.00. The quantitative estimate of drug-likeness (QED) is 0.581. The van der Waals surface area contributed by atoms with Crippen molar-refractivity contribution in [3.63, 3.8) is 0 Å². The highest BCUT2D eigenvalue weighted by Gasteiger charge is 2.33. The minimum absolute atomic E-state index is 0.108. The zero-order valence-electron chi connectivity index (χ0n) is 16.1. The number of aromatic nitrogens is 2. The first-order valence-electron chi connectivity index (χ1n) is 9.62. The van der Waals surface area contributed by atoms with E-state index in [1.165, 1.54) is 24.3 Å². The van der Waals surface area contributed by atoms with Gasteiger partial charge >= 0.3 is 5.97 Å². The van der Waals surface area contributed by atoms with Gasteiger partial charge in [-0.15, -0.1) is 0 Å². The van der Waals surface area contributed by atoms with E-state index in [4.69, 9.17) is 10.8 Å². The van der Waals surface area contributed by atoms with Crippen molar-refractivity contribution in [1.82, 2.24) is 15.1 Å². The molecule has 1 aliphatic heterocycles. The fraction of sp³-hybridized carbons (Fsp3) is 0.227. The topological polar surface area (TPSA) is 112 Å². The van der Waals surface area contributed by atoms with Crippen LogP contribution in [0.15, 0.2) is 48.5 Å². The van der Waals surface area contributed by atoms with E-state index in [0.717, 1.165) is 16.8 Å². The van der Waals surface area contributed by atoms with Crippen LogP contribution in [0.1, 0.15) is 39.5 Å². The summed E-state index contributed by atoms with van der Waals surface area (Å²) in [6.07, 6.45) is 0.425.